The molecule has 21 heavy (non-hydrogen) atoms. The quantitative estimate of drug-likeness (QED) is 0.753. The number of nitrogens with one attached hydrogen (secondary N) is 2. The van der Waals surface area contributed by atoms with Crippen molar-refractivity contribution in [2.45, 2.75) is 26.3 Å². The Morgan fingerprint density at radius 2 is 2.10 bits per heavy atom. The number of methoxy groups -OCH3 is 1. The van der Waals surface area contributed by atoms with Gasteiger partial charge in [-0.15, -0.1) is 0 Å². The van der Waals surface area contributed by atoms with Gasteiger partial charge in [-0.1, -0.05) is 31.9 Å². The first-order valence-electron chi connectivity index (χ1n) is 6.52. The van der Waals surface area contributed by atoms with Crippen LogP contribution in [-0.4, -0.2) is 30.3 Å². The minimum absolute atomic E-state index is 0.173. The average Bonchev–Trinajstić information content (AvgIpc) is 2.44. The Bertz CT molecular complexity index is 522. The summed E-state index contributed by atoms with van der Waals surface area (Å²) in [4.78, 5) is 23.0. The number of aliphatic carboxylic acids is 1. The van der Waals surface area contributed by atoms with E-state index in [1.54, 1.807) is 19.1 Å². The molecule has 0 radical (unpaired) electrons. The van der Waals surface area contributed by atoms with Crippen LogP contribution >= 0.6 is 11.6 Å². The van der Waals surface area contributed by atoms with Gasteiger partial charge in [0.2, 0.25) is 0 Å². The molecular formula is C14H19ClN2O4. The standard InChI is InChI=1S/C14H19ClN2O4/c1-4-8(2)12(13(18)19)17-14(20)16-9-5-6-11(21-3)10(15)7-9/h5-8,12H,4H2,1-3H3,(H,18,19)(H2,16,17,20)/t8-,12+/m1/s1. The first kappa shape index (κ1) is 17.1. The predicted octanol–water partition coefficient (Wildman–Crippen LogP) is 2.97. The highest BCUT2D eigenvalue weighted by molar-refractivity contribution is 6.32. The van der Waals surface area contributed by atoms with Crippen LogP contribution in [0.25, 0.3) is 0 Å². The summed E-state index contributed by atoms with van der Waals surface area (Å²) in [7, 11) is 1.49. The fraction of sp³-hybridized carbons (Fsp3) is 0.429. The van der Waals surface area contributed by atoms with Crippen molar-refractivity contribution in [1.29, 1.82) is 0 Å². The van der Waals surface area contributed by atoms with E-state index < -0.39 is 18.0 Å². The molecule has 0 bridgehead atoms. The molecule has 6 nitrogen and oxygen atoms in total. The monoisotopic (exact) mass is 314 g/mol. The molecular weight excluding hydrogens is 296 g/mol. The zero-order valence-corrected chi connectivity index (χ0v) is 12.9. The highest BCUT2D eigenvalue weighted by atomic mass is 35.5. The van der Waals surface area contributed by atoms with Crippen molar-refractivity contribution in [3.63, 3.8) is 0 Å². The third-order valence-corrected chi connectivity index (χ3v) is 3.47. The molecule has 0 aliphatic heterocycles. The number of rotatable bonds is 6. The Labute approximate surface area is 128 Å². The summed E-state index contributed by atoms with van der Waals surface area (Å²) in [5.74, 6) is -0.745. The van der Waals surface area contributed by atoms with Crippen LogP contribution in [-0.2, 0) is 4.79 Å². The number of carboxylic acid groups (broad SMARTS) is 1. The van der Waals surface area contributed by atoms with Crippen molar-refractivity contribution in [2.75, 3.05) is 12.4 Å². The lowest BCUT2D eigenvalue weighted by atomic mass is 9.99. The van der Waals surface area contributed by atoms with E-state index in [0.717, 1.165) is 0 Å². The smallest absolute Gasteiger partial charge is 0.326 e. The van der Waals surface area contributed by atoms with E-state index in [1.807, 2.05) is 6.92 Å². The van der Waals surface area contributed by atoms with Crippen molar-refractivity contribution in [3.8, 4) is 5.75 Å². The zero-order chi connectivity index (χ0) is 16.0. The number of urea groups is 1. The summed E-state index contributed by atoms with van der Waals surface area (Å²) in [6.07, 6.45) is 0.644. The van der Waals surface area contributed by atoms with Crippen molar-refractivity contribution in [2.24, 2.45) is 5.92 Å². The number of anilines is 1. The predicted molar refractivity (Wildman–Crippen MR) is 81.0 cm³/mol. The summed E-state index contributed by atoms with van der Waals surface area (Å²) in [6.45, 7) is 3.63. The van der Waals surface area contributed by atoms with Crippen LogP contribution in [0.1, 0.15) is 20.3 Å². The van der Waals surface area contributed by atoms with Gasteiger partial charge in [-0.3, -0.25) is 0 Å². The van der Waals surface area contributed by atoms with Crippen molar-refractivity contribution in [1.82, 2.24) is 5.32 Å². The van der Waals surface area contributed by atoms with Crippen LogP contribution in [0.4, 0.5) is 10.5 Å². The molecule has 0 saturated heterocycles. The number of carbonyl (C=O) groups is 2. The number of hydrogen-bond donors (Lipinski definition) is 3. The van der Waals surface area contributed by atoms with Gasteiger partial charge in [0.25, 0.3) is 0 Å². The lowest BCUT2D eigenvalue weighted by Crippen LogP contribution is -2.46. The fourth-order valence-corrected chi connectivity index (χ4v) is 1.99. The molecule has 0 aliphatic carbocycles. The third-order valence-electron chi connectivity index (χ3n) is 3.18. The van der Waals surface area contributed by atoms with E-state index in [-0.39, 0.29) is 5.92 Å². The Kier molecular flexibility index (Phi) is 6.30. The lowest BCUT2D eigenvalue weighted by molar-refractivity contribution is -0.140. The van der Waals surface area contributed by atoms with Crippen LogP contribution in [0.5, 0.6) is 5.75 Å². The van der Waals surface area contributed by atoms with Gasteiger partial charge in [0, 0.05) is 5.69 Å². The van der Waals surface area contributed by atoms with Gasteiger partial charge >= 0.3 is 12.0 Å². The molecule has 2 atom stereocenters. The molecule has 1 aromatic rings. The molecule has 7 heteroatoms. The summed E-state index contributed by atoms with van der Waals surface area (Å²) >= 11 is 5.95. The second kappa shape index (κ2) is 7.73. The van der Waals surface area contributed by atoms with Crippen LogP contribution < -0.4 is 15.4 Å². The highest BCUT2D eigenvalue weighted by Crippen LogP contribution is 2.27. The van der Waals surface area contributed by atoms with E-state index in [9.17, 15) is 9.59 Å². The lowest BCUT2D eigenvalue weighted by Gasteiger charge is -2.20. The van der Waals surface area contributed by atoms with E-state index in [0.29, 0.717) is 22.9 Å². The number of halogens is 1. The summed E-state index contributed by atoms with van der Waals surface area (Å²) in [5, 5.41) is 14.5. The number of ether oxygens (including phenoxy) is 1. The van der Waals surface area contributed by atoms with E-state index in [1.165, 1.54) is 13.2 Å². The molecule has 1 aromatic carbocycles. The number of benzene rings is 1. The van der Waals surface area contributed by atoms with Gasteiger partial charge in [-0.25, -0.2) is 9.59 Å². The molecule has 0 saturated carbocycles. The number of hydrogen-bond acceptors (Lipinski definition) is 3. The maximum Gasteiger partial charge on any atom is 0.326 e. The molecule has 1 rings (SSSR count). The van der Waals surface area contributed by atoms with E-state index in [2.05, 4.69) is 10.6 Å². The van der Waals surface area contributed by atoms with Crippen LogP contribution in [0.15, 0.2) is 18.2 Å². The fourth-order valence-electron chi connectivity index (χ4n) is 1.74. The van der Waals surface area contributed by atoms with Crippen LogP contribution in [0.3, 0.4) is 0 Å². The molecule has 0 aromatic heterocycles. The van der Waals surface area contributed by atoms with Gasteiger partial charge in [0.05, 0.1) is 12.1 Å². The topological polar surface area (TPSA) is 87.7 Å². The summed E-state index contributed by atoms with van der Waals surface area (Å²) in [6, 6.07) is 3.22. The number of carboxylic acids is 1. The van der Waals surface area contributed by atoms with Gasteiger partial charge < -0.3 is 20.5 Å². The first-order valence-corrected chi connectivity index (χ1v) is 6.90. The van der Waals surface area contributed by atoms with Crippen LogP contribution in [0.2, 0.25) is 5.02 Å². The maximum atomic E-state index is 11.9. The van der Waals surface area contributed by atoms with E-state index >= 15 is 0 Å². The molecule has 3 N–H and O–H groups in total. The summed E-state index contributed by atoms with van der Waals surface area (Å²) in [5.41, 5.74) is 0.451. The highest BCUT2D eigenvalue weighted by Gasteiger charge is 2.25. The summed E-state index contributed by atoms with van der Waals surface area (Å²) < 4.78 is 5.01. The average molecular weight is 315 g/mol. The molecule has 0 unspecified atom stereocenters. The Morgan fingerprint density at radius 1 is 1.43 bits per heavy atom. The molecule has 0 aliphatic rings. The van der Waals surface area contributed by atoms with Crippen molar-refractivity contribution in [3.05, 3.63) is 23.2 Å². The molecule has 0 heterocycles. The Hall–Kier alpha value is -1.95. The van der Waals surface area contributed by atoms with Crippen molar-refractivity contribution >= 4 is 29.3 Å². The largest absolute Gasteiger partial charge is 0.495 e. The molecule has 0 spiro atoms. The minimum Gasteiger partial charge on any atom is -0.495 e. The van der Waals surface area contributed by atoms with Crippen LogP contribution in [0, 0.1) is 5.92 Å². The molecule has 2 amide bonds. The van der Waals surface area contributed by atoms with Gasteiger partial charge in [-0.05, 0) is 24.1 Å². The maximum absolute atomic E-state index is 11.9. The third kappa shape index (κ3) is 4.82. The second-order valence-corrected chi connectivity index (χ2v) is 5.06. The number of carbonyl (C=O) groups excluding carboxylic acids is 1. The Morgan fingerprint density at radius 3 is 2.57 bits per heavy atom. The molecule has 0 fully saturated rings. The van der Waals surface area contributed by atoms with Gasteiger partial charge in [0.1, 0.15) is 11.8 Å². The normalized spacial score (nSPS) is 13.1. The van der Waals surface area contributed by atoms with Gasteiger partial charge in [0.15, 0.2) is 0 Å². The SMILES string of the molecule is CC[C@@H](C)[C@H](NC(=O)Nc1ccc(OC)c(Cl)c1)C(=O)O. The van der Waals surface area contributed by atoms with Crippen molar-refractivity contribution < 1.29 is 19.4 Å². The van der Waals surface area contributed by atoms with E-state index in [4.69, 9.17) is 21.4 Å². The zero-order valence-electron chi connectivity index (χ0n) is 12.1. The van der Waals surface area contributed by atoms with Gasteiger partial charge in [-0.2, -0.15) is 0 Å². The second-order valence-electron chi connectivity index (χ2n) is 4.65. The minimum atomic E-state index is -1.06. The first-order chi connectivity index (χ1) is 9.88. The Balaban J connectivity index is 2.72. The number of amides is 2. The molecule has 116 valence electrons.